The summed E-state index contributed by atoms with van der Waals surface area (Å²) in [5.74, 6) is 0. The number of furan rings is 1. The Balaban J connectivity index is 2.83. The van der Waals surface area contributed by atoms with Crippen molar-refractivity contribution in [1.82, 2.24) is 0 Å². The molecule has 0 amide bonds. The Morgan fingerprint density at radius 2 is 2.25 bits per heavy atom. The molecule has 0 spiro atoms. The molecule has 1 heterocycles. The second-order valence-electron chi connectivity index (χ2n) is 2.46. The zero-order valence-corrected chi connectivity index (χ0v) is 6.84. The lowest BCUT2D eigenvalue weighted by atomic mass is 10.2. The van der Waals surface area contributed by atoms with Gasteiger partial charge in [0.15, 0.2) is 5.58 Å². The average molecular weight is 181 g/mol. The molecule has 0 aliphatic heterocycles. The summed E-state index contributed by atoms with van der Waals surface area (Å²) < 4.78 is 5.10. The molecule has 1 aromatic heterocycles. The van der Waals surface area contributed by atoms with E-state index in [1.165, 1.54) is 0 Å². The van der Waals surface area contributed by atoms with Gasteiger partial charge in [0.1, 0.15) is 6.29 Å². The van der Waals surface area contributed by atoms with Gasteiger partial charge < -0.3 is 4.42 Å². The first-order valence-electron chi connectivity index (χ1n) is 3.43. The van der Waals surface area contributed by atoms with Crippen LogP contribution in [0.25, 0.3) is 11.0 Å². The summed E-state index contributed by atoms with van der Waals surface area (Å²) in [6, 6.07) is 5.09. The van der Waals surface area contributed by atoms with Gasteiger partial charge in [-0.25, -0.2) is 0 Å². The van der Waals surface area contributed by atoms with E-state index in [2.05, 4.69) is 0 Å². The van der Waals surface area contributed by atoms with Gasteiger partial charge in [-0.05, 0) is 18.2 Å². The molecule has 2 aromatic rings. The van der Waals surface area contributed by atoms with Crippen LogP contribution < -0.4 is 0 Å². The van der Waals surface area contributed by atoms with Crippen LogP contribution in [0, 0.1) is 0 Å². The van der Waals surface area contributed by atoms with Crippen LogP contribution >= 0.6 is 11.6 Å². The predicted molar refractivity (Wildman–Crippen MR) is 46.6 cm³/mol. The molecular formula is C9H5ClO2. The van der Waals surface area contributed by atoms with Crippen LogP contribution in [-0.2, 0) is 0 Å². The highest BCUT2D eigenvalue weighted by Crippen LogP contribution is 2.25. The SMILES string of the molecule is O=Cc1cc(Cl)c2occc2c1. The zero-order chi connectivity index (χ0) is 8.55. The molecule has 0 N–H and O–H groups in total. The van der Waals surface area contributed by atoms with Crippen LogP contribution in [0.15, 0.2) is 28.9 Å². The number of carbonyl (C=O) groups is 1. The maximum absolute atomic E-state index is 10.4. The molecule has 12 heavy (non-hydrogen) atoms. The summed E-state index contributed by atoms with van der Waals surface area (Å²) in [4.78, 5) is 10.4. The van der Waals surface area contributed by atoms with Crippen LogP contribution in [0.3, 0.4) is 0 Å². The molecule has 0 aliphatic rings. The maximum atomic E-state index is 10.4. The predicted octanol–water partition coefficient (Wildman–Crippen LogP) is 2.90. The first kappa shape index (κ1) is 7.37. The third-order valence-electron chi connectivity index (χ3n) is 1.66. The van der Waals surface area contributed by atoms with Gasteiger partial charge in [-0.3, -0.25) is 4.79 Å². The Morgan fingerprint density at radius 3 is 3.00 bits per heavy atom. The van der Waals surface area contributed by atoms with Gasteiger partial charge >= 0.3 is 0 Å². The van der Waals surface area contributed by atoms with Crippen molar-refractivity contribution in [2.45, 2.75) is 0 Å². The van der Waals surface area contributed by atoms with E-state index >= 15 is 0 Å². The monoisotopic (exact) mass is 180 g/mol. The minimum atomic E-state index is 0.472. The smallest absolute Gasteiger partial charge is 0.152 e. The molecule has 0 fully saturated rings. The van der Waals surface area contributed by atoms with E-state index in [0.29, 0.717) is 16.2 Å². The number of halogens is 1. The van der Waals surface area contributed by atoms with E-state index in [9.17, 15) is 4.79 Å². The second kappa shape index (κ2) is 2.64. The number of aldehydes is 1. The van der Waals surface area contributed by atoms with Gasteiger partial charge in [0.2, 0.25) is 0 Å². The molecule has 0 bridgehead atoms. The van der Waals surface area contributed by atoms with Gasteiger partial charge in [-0.1, -0.05) is 11.6 Å². The Morgan fingerprint density at radius 1 is 1.42 bits per heavy atom. The van der Waals surface area contributed by atoms with Crippen molar-refractivity contribution in [1.29, 1.82) is 0 Å². The number of benzene rings is 1. The fraction of sp³-hybridized carbons (Fsp3) is 0. The molecule has 2 rings (SSSR count). The van der Waals surface area contributed by atoms with Crippen molar-refractivity contribution >= 4 is 28.9 Å². The Hall–Kier alpha value is -1.28. The lowest BCUT2D eigenvalue weighted by molar-refractivity contribution is 0.112. The summed E-state index contributed by atoms with van der Waals surface area (Å²) in [6.07, 6.45) is 2.31. The van der Waals surface area contributed by atoms with Crippen molar-refractivity contribution in [3.8, 4) is 0 Å². The largest absolute Gasteiger partial charge is 0.463 e. The van der Waals surface area contributed by atoms with E-state index in [1.807, 2.05) is 0 Å². The summed E-state index contributed by atoms with van der Waals surface area (Å²) in [5, 5.41) is 1.32. The second-order valence-corrected chi connectivity index (χ2v) is 2.87. The first-order valence-corrected chi connectivity index (χ1v) is 3.81. The average Bonchev–Trinajstić information content (AvgIpc) is 2.52. The summed E-state index contributed by atoms with van der Waals surface area (Å²) >= 11 is 5.83. The Bertz CT molecular complexity index is 431. The van der Waals surface area contributed by atoms with Crippen molar-refractivity contribution < 1.29 is 9.21 Å². The third kappa shape index (κ3) is 1.01. The molecule has 0 saturated heterocycles. The van der Waals surface area contributed by atoms with Crippen LogP contribution in [0.4, 0.5) is 0 Å². The highest BCUT2D eigenvalue weighted by atomic mass is 35.5. The minimum absolute atomic E-state index is 0.472. The standard InChI is InChI=1S/C9H5ClO2/c10-8-4-6(5-11)3-7-1-2-12-9(7)8/h1-5H. The zero-order valence-electron chi connectivity index (χ0n) is 6.08. The summed E-state index contributed by atoms with van der Waals surface area (Å²) in [5.41, 5.74) is 1.19. The van der Waals surface area contributed by atoms with E-state index in [4.69, 9.17) is 16.0 Å². The van der Waals surface area contributed by atoms with Crippen LogP contribution in [0.2, 0.25) is 5.02 Å². The molecule has 2 nitrogen and oxygen atoms in total. The van der Waals surface area contributed by atoms with E-state index in [1.54, 1.807) is 24.5 Å². The van der Waals surface area contributed by atoms with E-state index in [0.717, 1.165) is 11.7 Å². The van der Waals surface area contributed by atoms with E-state index in [-0.39, 0.29) is 0 Å². The Labute approximate surface area is 73.7 Å². The number of hydrogen-bond acceptors (Lipinski definition) is 2. The van der Waals surface area contributed by atoms with Gasteiger partial charge in [-0.15, -0.1) is 0 Å². The number of hydrogen-bond donors (Lipinski definition) is 0. The molecule has 0 unspecified atom stereocenters. The van der Waals surface area contributed by atoms with E-state index < -0.39 is 0 Å². The van der Waals surface area contributed by atoms with Gasteiger partial charge in [0, 0.05) is 10.9 Å². The number of carbonyl (C=O) groups excluding carboxylic acids is 1. The molecule has 0 saturated carbocycles. The third-order valence-corrected chi connectivity index (χ3v) is 1.94. The molecule has 3 heteroatoms. The quantitative estimate of drug-likeness (QED) is 0.632. The number of fused-ring (bicyclic) bond motifs is 1. The van der Waals surface area contributed by atoms with Crippen LogP contribution in [-0.4, -0.2) is 6.29 Å². The van der Waals surface area contributed by atoms with Gasteiger partial charge in [0.05, 0.1) is 11.3 Å². The molecule has 0 atom stereocenters. The summed E-state index contributed by atoms with van der Waals surface area (Å²) in [7, 11) is 0. The van der Waals surface area contributed by atoms with Crippen LogP contribution in [0.5, 0.6) is 0 Å². The highest BCUT2D eigenvalue weighted by Gasteiger charge is 2.03. The highest BCUT2D eigenvalue weighted by molar-refractivity contribution is 6.35. The van der Waals surface area contributed by atoms with Crippen molar-refractivity contribution in [2.24, 2.45) is 0 Å². The lowest BCUT2D eigenvalue weighted by Gasteiger charge is -1.93. The van der Waals surface area contributed by atoms with Crippen LogP contribution in [0.1, 0.15) is 10.4 Å². The summed E-state index contributed by atoms with van der Waals surface area (Å²) in [6.45, 7) is 0. The Kier molecular flexibility index (Phi) is 1.62. The minimum Gasteiger partial charge on any atom is -0.463 e. The van der Waals surface area contributed by atoms with Crippen molar-refractivity contribution in [3.63, 3.8) is 0 Å². The number of rotatable bonds is 1. The van der Waals surface area contributed by atoms with Crippen molar-refractivity contribution in [3.05, 3.63) is 35.0 Å². The molecule has 0 aliphatic carbocycles. The van der Waals surface area contributed by atoms with Crippen molar-refractivity contribution in [2.75, 3.05) is 0 Å². The first-order chi connectivity index (χ1) is 5.81. The fourth-order valence-corrected chi connectivity index (χ4v) is 1.41. The fourth-order valence-electron chi connectivity index (χ4n) is 1.13. The molecule has 60 valence electrons. The maximum Gasteiger partial charge on any atom is 0.152 e. The topological polar surface area (TPSA) is 30.2 Å². The molecule has 1 aromatic carbocycles. The molecule has 0 radical (unpaired) electrons. The normalized spacial score (nSPS) is 10.4. The lowest BCUT2D eigenvalue weighted by Crippen LogP contribution is -1.78. The molecular weight excluding hydrogens is 176 g/mol. The van der Waals surface area contributed by atoms with Gasteiger partial charge in [-0.2, -0.15) is 0 Å². The van der Waals surface area contributed by atoms with Gasteiger partial charge in [0.25, 0.3) is 0 Å².